The van der Waals surface area contributed by atoms with Crippen LogP contribution in [0.15, 0.2) is 28.7 Å². The largest absolute Gasteiger partial charge is 0.463 e. The maximum atomic E-state index is 11.8. The van der Waals surface area contributed by atoms with Crippen molar-refractivity contribution >= 4 is 21.9 Å². The first-order valence-electron chi connectivity index (χ1n) is 6.47. The molecule has 3 heteroatoms. The van der Waals surface area contributed by atoms with Crippen LogP contribution < -0.4 is 0 Å². The van der Waals surface area contributed by atoms with E-state index < -0.39 is 0 Å². The summed E-state index contributed by atoms with van der Waals surface area (Å²) >= 11 is 3.47. The van der Waals surface area contributed by atoms with Gasteiger partial charge in [0.2, 0.25) is 0 Å². The number of halogens is 1. The molecule has 18 heavy (non-hydrogen) atoms. The standard InChI is InChI=1S/C15H21BrO2/c1-4-6-12(10-15(17)18-11(2)3)13-7-5-8-14(16)9-13/h5,7-9,11-12H,4,6,10H2,1-3H3/t12-/m0/s1. The van der Waals surface area contributed by atoms with E-state index >= 15 is 0 Å². The fraction of sp³-hybridized carbons (Fsp3) is 0.533. The van der Waals surface area contributed by atoms with E-state index in [-0.39, 0.29) is 18.0 Å². The van der Waals surface area contributed by atoms with Crippen LogP contribution in [0.5, 0.6) is 0 Å². The van der Waals surface area contributed by atoms with E-state index in [4.69, 9.17) is 4.74 Å². The van der Waals surface area contributed by atoms with Crippen molar-refractivity contribution < 1.29 is 9.53 Å². The quantitative estimate of drug-likeness (QED) is 0.713. The van der Waals surface area contributed by atoms with Crippen molar-refractivity contribution in [3.63, 3.8) is 0 Å². The van der Waals surface area contributed by atoms with Crippen LogP contribution in [-0.4, -0.2) is 12.1 Å². The lowest BCUT2D eigenvalue weighted by Crippen LogP contribution is -2.15. The average molecular weight is 313 g/mol. The zero-order valence-electron chi connectivity index (χ0n) is 11.3. The molecule has 0 N–H and O–H groups in total. The molecule has 0 saturated carbocycles. The number of carbonyl (C=O) groups excluding carboxylic acids is 1. The zero-order valence-corrected chi connectivity index (χ0v) is 12.9. The Morgan fingerprint density at radius 1 is 1.39 bits per heavy atom. The van der Waals surface area contributed by atoms with Gasteiger partial charge in [0, 0.05) is 4.47 Å². The third-order valence-electron chi connectivity index (χ3n) is 2.74. The molecule has 0 aromatic heterocycles. The van der Waals surface area contributed by atoms with Crippen molar-refractivity contribution in [2.24, 2.45) is 0 Å². The van der Waals surface area contributed by atoms with E-state index in [1.54, 1.807) is 0 Å². The van der Waals surface area contributed by atoms with E-state index in [2.05, 4.69) is 35.0 Å². The monoisotopic (exact) mass is 312 g/mol. The Balaban J connectivity index is 2.73. The molecule has 0 spiro atoms. The Morgan fingerprint density at radius 3 is 2.67 bits per heavy atom. The van der Waals surface area contributed by atoms with E-state index in [0.29, 0.717) is 6.42 Å². The number of carbonyl (C=O) groups is 1. The second-order valence-electron chi connectivity index (χ2n) is 4.78. The smallest absolute Gasteiger partial charge is 0.306 e. The fourth-order valence-corrected chi connectivity index (χ4v) is 2.42. The Bertz CT molecular complexity index is 388. The van der Waals surface area contributed by atoms with Gasteiger partial charge in [0.1, 0.15) is 0 Å². The molecule has 0 aliphatic carbocycles. The SMILES string of the molecule is CCC[C@@H](CC(=O)OC(C)C)c1cccc(Br)c1. The molecule has 1 aromatic carbocycles. The Hall–Kier alpha value is -0.830. The molecule has 0 heterocycles. The Labute approximate surface area is 118 Å². The van der Waals surface area contributed by atoms with Gasteiger partial charge in [0.05, 0.1) is 12.5 Å². The summed E-state index contributed by atoms with van der Waals surface area (Å²) in [5.74, 6) is 0.141. The summed E-state index contributed by atoms with van der Waals surface area (Å²) in [5, 5.41) is 0. The molecule has 0 aliphatic heterocycles. The molecule has 0 aliphatic rings. The first-order chi connectivity index (χ1) is 8.52. The van der Waals surface area contributed by atoms with Gasteiger partial charge < -0.3 is 4.74 Å². The summed E-state index contributed by atoms with van der Waals surface area (Å²) in [5.41, 5.74) is 1.20. The van der Waals surface area contributed by atoms with Crippen LogP contribution in [0.1, 0.15) is 51.5 Å². The molecule has 2 nitrogen and oxygen atoms in total. The van der Waals surface area contributed by atoms with Crippen molar-refractivity contribution in [1.29, 1.82) is 0 Å². The average Bonchev–Trinajstić information content (AvgIpc) is 2.27. The third kappa shape index (κ3) is 5.21. The van der Waals surface area contributed by atoms with Gasteiger partial charge in [-0.15, -0.1) is 0 Å². The zero-order chi connectivity index (χ0) is 13.5. The van der Waals surface area contributed by atoms with Crippen LogP contribution in [0.2, 0.25) is 0 Å². The van der Waals surface area contributed by atoms with Crippen molar-refractivity contribution in [1.82, 2.24) is 0 Å². The fourth-order valence-electron chi connectivity index (χ4n) is 2.01. The summed E-state index contributed by atoms with van der Waals surface area (Å²) in [6.45, 7) is 5.90. The molecule has 100 valence electrons. The third-order valence-corrected chi connectivity index (χ3v) is 3.23. The molecular weight excluding hydrogens is 292 g/mol. The summed E-state index contributed by atoms with van der Waals surface area (Å²) < 4.78 is 6.28. The van der Waals surface area contributed by atoms with E-state index in [1.807, 2.05) is 26.0 Å². The number of esters is 1. The topological polar surface area (TPSA) is 26.3 Å². The molecule has 1 rings (SSSR count). The molecule has 0 saturated heterocycles. The van der Waals surface area contributed by atoms with E-state index in [1.165, 1.54) is 5.56 Å². The van der Waals surface area contributed by atoms with Crippen LogP contribution in [0, 0.1) is 0 Å². The van der Waals surface area contributed by atoms with Crippen molar-refractivity contribution in [3.05, 3.63) is 34.3 Å². The Morgan fingerprint density at radius 2 is 2.11 bits per heavy atom. The van der Waals surface area contributed by atoms with Crippen LogP contribution in [0.3, 0.4) is 0 Å². The molecule has 0 unspecified atom stereocenters. The minimum Gasteiger partial charge on any atom is -0.463 e. The second-order valence-corrected chi connectivity index (χ2v) is 5.70. The first-order valence-corrected chi connectivity index (χ1v) is 7.27. The van der Waals surface area contributed by atoms with Gasteiger partial charge in [0.15, 0.2) is 0 Å². The number of rotatable bonds is 6. The van der Waals surface area contributed by atoms with Crippen molar-refractivity contribution in [3.8, 4) is 0 Å². The molecule has 1 aromatic rings. The van der Waals surface area contributed by atoms with Gasteiger partial charge in [-0.2, -0.15) is 0 Å². The van der Waals surface area contributed by atoms with Gasteiger partial charge in [-0.25, -0.2) is 0 Å². The minimum absolute atomic E-state index is 0.0396. The van der Waals surface area contributed by atoms with Gasteiger partial charge in [-0.05, 0) is 43.9 Å². The molecule has 0 amide bonds. The molecule has 0 radical (unpaired) electrons. The van der Waals surface area contributed by atoms with Gasteiger partial charge in [0.25, 0.3) is 0 Å². The van der Waals surface area contributed by atoms with Crippen LogP contribution in [0.4, 0.5) is 0 Å². The second kappa shape index (κ2) is 7.57. The highest BCUT2D eigenvalue weighted by Gasteiger charge is 2.17. The normalized spacial score (nSPS) is 12.5. The summed E-state index contributed by atoms with van der Waals surface area (Å²) in [7, 11) is 0. The molecule has 1 atom stereocenters. The van der Waals surface area contributed by atoms with Crippen LogP contribution in [-0.2, 0) is 9.53 Å². The van der Waals surface area contributed by atoms with Crippen molar-refractivity contribution in [2.75, 3.05) is 0 Å². The summed E-state index contributed by atoms with van der Waals surface area (Å²) in [6.07, 6.45) is 2.49. The Kier molecular flexibility index (Phi) is 6.41. The maximum absolute atomic E-state index is 11.8. The maximum Gasteiger partial charge on any atom is 0.306 e. The number of benzene rings is 1. The van der Waals surface area contributed by atoms with Gasteiger partial charge in [-0.3, -0.25) is 4.79 Å². The molecular formula is C15H21BrO2. The predicted molar refractivity (Wildman–Crippen MR) is 77.6 cm³/mol. The minimum atomic E-state index is -0.108. The summed E-state index contributed by atoms with van der Waals surface area (Å²) in [4.78, 5) is 11.8. The number of hydrogen-bond donors (Lipinski definition) is 0. The van der Waals surface area contributed by atoms with Crippen molar-refractivity contribution in [2.45, 2.75) is 52.1 Å². The number of hydrogen-bond acceptors (Lipinski definition) is 2. The van der Waals surface area contributed by atoms with Crippen LogP contribution >= 0.6 is 15.9 Å². The first kappa shape index (κ1) is 15.2. The van der Waals surface area contributed by atoms with Gasteiger partial charge >= 0.3 is 5.97 Å². The predicted octanol–water partition coefficient (Wildman–Crippen LogP) is 4.67. The highest BCUT2D eigenvalue weighted by atomic mass is 79.9. The lowest BCUT2D eigenvalue weighted by Gasteiger charge is -2.17. The lowest BCUT2D eigenvalue weighted by atomic mass is 9.91. The summed E-state index contributed by atoms with van der Waals surface area (Å²) in [6, 6.07) is 8.17. The lowest BCUT2D eigenvalue weighted by molar-refractivity contribution is -0.147. The number of ether oxygens (including phenoxy) is 1. The molecule has 0 fully saturated rings. The highest BCUT2D eigenvalue weighted by Crippen LogP contribution is 2.27. The van der Waals surface area contributed by atoms with Crippen LogP contribution in [0.25, 0.3) is 0 Å². The van der Waals surface area contributed by atoms with E-state index in [0.717, 1.165) is 17.3 Å². The van der Waals surface area contributed by atoms with Gasteiger partial charge in [-0.1, -0.05) is 41.4 Å². The highest BCUT2D eigenvalue weighted by molar-refractivity contribution is 9.10. The van der Waals surface area contributed by atoms with E-state index in [9.17, 15) is 4.79 Å². The molecule has 0 bridgehead atoms.